The first-order valence-electron chi connectivity index (χ1n) is 11.5. The smallest absolute Gasteiger partial charge is 0.417 e. The summed E-state index contributed by atoms with van der Waals surface area (Å²) in [4.78, 5) is 39.6. The van der Waals surface area contributed by atoms with Crippen LogP contribution in [0.4, 0.5) is 4.79 Å². The first-order valence-corrected chi connectivity index (χ1v) is 12.3. The number of aliphatic hydroxyl groups excluding tert-OH is 1. The molecule has 0 saturated carbocycles. The summed E-state index contributed by atoms with van der Waals surface area (Å²) in [5.41, 5.74) is 0.684. The van der Waals surface area contributed by atoms with Crippen molar-refractivity contribution in [2.75, 3.05) is 46.8 Å². The van der Waals surface area contributed by atoms with Crippen LogP contribution in [0.5, 0.6) is 0 Å². The average molecular weight is 572 g/mol. The van der Waals surface area contributed by atoms with Gasteiger partial charge in [-0.1, -0.05) is 30.3 Å². The third-order valence-electron chi connectivity index (χ3n) is 5.72. The summed E-state index contributed by atoms with van der Waals surface area (Å²) in [5, 5.41) is 19.8. The molecule has 11 nitrogen and oxygen atoms in total. The van der Waals surface area contributed by atoms with Crippen LogP contribution in [0.15, 0.2) is 40.9 Å². The van der Waals surface area contributed by atoms with Gasteiger partial charge in [-0.3, -0.25) is 9.59 Å². The van der Waals surface area contributed by atoms with Crippen LogP contribution in [-0.2, 0) is 33.3 Å². The molecule has 0 radical (unpaired) electrons. The highest BCUT2D eigenvalue weighted by molar-refractivity contribution is 9.11. The Morgan fingerprint density at radius 3 is 2.56 bits per heavy atom. The van der Waals surface area contributed by atoms with Gasteiger partial charge in [-0.2, -0.15) is 0 Å². The predicted octanol–water partition coefficient (Wildman–Crippen LogP) is 1.46. The van der Waals surface area contributed by atoms with Crippen LogP contribution < -0.4 is 0 Å². The van der Waals surface area contributed by atoms with E-state index in [9.17, 15) is 19.5 Å². The van der Waals surface area contributed by atoms with Gasteiger partial charge in [0.25, 0.3) is 5.91 Å². The van der Waals surface area contributed by atoms with E-state index >= 15 is 0 Å². The molecule has 12 heteroatoms. The number of hydrogen-bond donors (Lipinski definition) is 2. The number of imide groups is 1. The molecule has 3 rings (SSSR count). The minimum atomic E-state index is -1.91. The molecule has 2 heterocycles. The quantitative estimate of drug-likeness (QED) is 0.334. The summed E-state index contributed by atoms with van der Waals surface area (Å²) in [5.74, 6) is -3.32. The van der Waals surface area contributed by atoms with Gasteiger partial charge in [-0.05, 0) is 34.0 Å². The zero-order chi connectivity index (χ0) is 26.1. The zero-order valence-electron chi connectivity index (χ0n) is 19.8. The highest BCUT2D eigenvalue weighted by Crippen LogP contribution is 2.37. The molecule has 0 aliphatic carbocycles. The molecule has 36 heavy (non-hydrogen) atoms. The first-order chi connectivity index (χ1) is 17.3. The lowest BCUT2D eigenvalue weighted by atomic mass is 9.99. The number of ether oxygens (including phenoxy) is 5. The van der Waals surface area contributed by atoms with Crippen LogP contribution in [0.3, 0.4) is 0 Å². The predicted molar refractivity (Wildman–Crippen MR) is 128 cm³/mol. The highest BCUT2D eigenvalue weighted by atomic mass is 79.9. The lowest BCUT2D eigenvalue weighted by Crippen LogP contribution is -2.55. The summed E-state index contributed by atoms with van der Waals surface area (Å²) in [6.07, 6.45) is -2.29. The minimum Gasteiger partial charge on any atom is -0.446 e. The van der Waals surface area contributed by atoms with Crippen molar-refractivity contribution in [3.05, 3.63) is 46.5 Å². The molecule has 1 aromatic rings. The number of carbonyl (C=O) groups excluding carboxylic acids is 3. The number of rotatable bonds is 13. The number of amides is 2. The molecular formula is C24H30BrNO10. The second-order valence-corrected chi connectivity index (χ2v) is 8.99. The van der Waals surface area contributed by atoms with Gasteiger partial charge in [-0.15, -0.1) is 0 Å². The van der Waals surface area contributed by atoms with Crippen LogP contribution in [0.25, 0.3) is 0 Å². The molecule has 4 atom stereocenters. The van der Waals surface area contributed by atoms with Gasteiger partial charge >= 0.3 is 6.09 Å². The molecule has 0 spiro atoms. The topological polar surface area (TPSA) is 141 Å². The van der Waals surface area contributed by atoms with E-state index in [2.05, 4.69) is 15.9 Å². The molecule has 2 N–H and O–H groups in total. The van der Waals surface area contributed by atoms with Gasteiger partial charge in [0.05, 0.1) is 30.9 Å². The third-order valence-corrected chi connectivity index (χ3v) is 6.57. The maximum Gasteiger partial charge on any atom is 0.417 e. The maximum absolute atomic E-state index is 13.4. The van der Waals surface area contributed by atoms with Gasteiger partial charge in [0.2, 0.25) is 0 Å². The third kappa shape index (κ3) is 6.76. The molecule has 2 aliphatic rings. The Hall–Kier alpha value is -2.19. The highest BCUT2D eigenvalue weighted by Gasteiger charge is 2.50. The molecule has 2 aliphatic heterocycles. The van der Waals surface area contributed by atoms with Crippen molar-refractivity contribution < 1.29 is 48.3 Å². The lowest BCUT2D eigenvalue weighted by Gasteiger charge is -2.38. The molecule has 2 amide bonds. The molecule has 0 aromatic heterocycles. The number of aliphatic hydroxyl groups is 2. The molecule has 0 unspecified atom stereocenters. The van der Waals surface area contributed by atoms with Crippen LogP contribution in [0.1, 0.15) is 24.4 Å². The van der Waals surface area contributed by atoms with Crippen LogP contribution in [0.2, 0.25) is 0 Å². The minimum absolute atomic E-state index is 0.0368. The molecule has 1 aromatic carbocycles. The molecule has 1 saturated heterocycles. The zero-order valence-corrected chi connectivity index (χ0v) is 21.4. The SMILES string of the molecule is CO[C@@H](C(=O)N1C(=O)OC[C@H]1c1ccccc1)[C@@H]1O[C@@](O)(CCCOCCOCCO)C(Br)=CC1=O. The monoisotopic (exact) mass is 571 g/mol. The second kappa shape index (κ2) is 13.4. The van der Waals surface area contributed by atoms with Gasteiger partial charge in [0.1, 0.15) is 12.6 Å². The van der Waals surface area contributed by atoms with E-state index in [4.69, 9.17) is 28.8 Å². The summed E-state index contributed by atoms with van der Waals surface area (Å²) in [6.45, 7) is 1.03. The van der Waals surface area contributed by atoms with E-state index in [0.29, 0.717) is 25.2 Å². The number of methoxy groups -OCH3 is 1. The van der Waals surface area contributed by atoms with Crippen LogP contribution in [-0.4, -0.2) is 97.6 Å². The van der Waals surface area contributed by atoms with Crippen molar-refractivity contribution in [2.24, 2.45) is 0 Å². The van der Waals surface area contributed by atoms with E-state index in [1.54, 1.807) is 30.3 Å². The Bertz CT molecular complexity index is 942. The number of benzene rings is 1. The Morgan fingerprint density at radius 1 is 1.19 bits per heavy atom. The largest absolute Gasteiger partial charge is 0.446 e. The lowest BCUT2D eigenvalue weighted by molar-refractivity contribution is -0.227. The Balaban J connectivity index is 1.67. The Labute approximate surface area is 217 Å². The van der Waals surface area contributed by atoms with Gasteiger partial charge in [-0.25, -0.2) is 9.69 Å². The van der Waals surface area contributed by atoms with Crippen molar-refractivity contribution >= 4 is 33.7 Å². The first kappa shape index (κ1) is 28.4. The summed E-state index contributed by atoms with van der Waals surface area (Å²) in [7, 11) is 1.22. The fourth-order valence-corrected chi connectivity index (χ4v) is 4.43. The van der Waals surface area contributed by atoms with Gasteiger partial charge in [0.15, 0.2) is 23.8 Å². The normalized spacial score (nSPS) is 25.0. The van der Waals surface area contributed by atoms with E-state index in [1.165, 1.54) is 7.11 Å². The Kier molecular flexibility index (Phi) is 10.5. The number of halogens is 1. The molecular weight excluding hydrogens is 542 g/mol. The van der Waals surface area contributed by atoms with Gasteiger partial charge in [0, 0.05) is 20.1 Å². The van der Waals surface area contributed by atoms with Gasteiger partial charge < -0.3 is 33.9 Å². The average Bonchev–Trinajstić information content (AvgIpc) is 3.26. The van der Waals surface area contributed by atoms with E-state index in [1.807, 2.05) is 0 Å². The number of nitrogens with zero attached hydrogens (tertiary/aromatic N) is 1. The van der Waals surface area contributed by atoms with Crippen molar-refractivity contribution in [1.82, 2.24) is 4.90 Å². The van der Waals surface area contributed by atoms with Crippen molar-refractivity contribution in [3.8, 4) is 0 Å². The maximum atomic E-state index is 13.4. The van der Waals surface area contributed by atoms with Crippen molar-refractivity contribution in [2.45, 2.75) is 36.9 Å². The number of cyclic esters (lactones) is 1. The van der Waals surface area contributed by atoms with Crippen LogP contribution >= 0.6 is 15.9 Å². The van der Waals surface area contributed by atoms with E-state index in [0.717, 1.165) is 11.0 Å². The fourth-order valence-electron chi connectivity index (χ4n) is 3.91. The van der Waals surface area contributed by atoms with Crippen molar-refractivity contribution in [3.63, 3.8) is 0 Å². The standard InChI is InChI=1S/C24H30BrNO10/c1-32-21(22(29)26-17(15-35-23(26)30)16-6-3-2-4-7-16)20-18(28)14-19(25)24(31,36-20)8-5-10-33-12-13-34-11-9-27/h2-4,6-7,14,17,20-21,27,31H,5,8-13,15H2,1H3/t17-,20+,21+,24-/m0/s1. The van der Waals surface area contributed by atoms with E-state index < -0.39 is 41.8 Å². The second-order valence-electron chi connectivity index (χ2n) is 8.14. The van der Waals surface area contributed by atoms with E-state index in [-0.39, 0.29) is 37.3 Å². The summed E-state index contributed by atoms with van der Waals surface area (Å²) >= 11 is 3.18. The molecule has 198 valence electrons. The fraction of sp³-hybridized carbons (Fsp3) is 0.542. The molecule has 0 bridgehead atoms. The number of ketones is 1. The van der Waals surface area contributed by atoms with Crippen molar-refractivity contribution in [1.29, 1.82) is 0 Å². The van der Waals surface area contributed by atoms with Crippen LogP contribution in [0, 0.1) is 0 Å². The summed E-state index contributed by atoms with van der Waals surface area (Å²) in [6, 6.07) is 8.18. The summed E-state index contributed by atoms with van der Waals surface area (Å²) < 4.78 is 26.8. The number of hydrogen-bond acceptors (Lipinski definition) is 10. The molecule has 1 fully saturated rings. The Morgan fingerprint density at radius 2 is 1.89 bits per heavy atom. The number of carbonyl (C=O) groups is 3.